The molecule has 6 heteroatoms. The number of nitrogens with zero attached hydrogens (tertiary/aromatic N) is 1. The summed E-state index contributed by atoms with van der Waals surface area (Å²) in [6, 6.07) is 10.6. The van der Waals surface area contributed by atoms with Gasteiger partial charge in [-0.1, -0.05) is 6.07 Å². The maximum atomic E-state index is 12.6. The third kappa shape index (κ3) is 3.07. The number of benzene rings is 2. The molecule has 26 heavy (non-hydrogen) atoms. The van der Waals surface area contributed by atoms with Crippen molar-refractivity contribution in [1.29, 1.82) is 5.26 Å². The molecular formula is C20H17NO5. The normalized spacial score (nSPS) is 13.8. The fraction of sp³-hybridized carbons (Fsp3) is 0.200. The third-order valence-corrected chi connectivity index (χ3v) is 4.03. The molecule has 1 heterocycles. The van der Waals surface area contributed by atoms with E-state index in [1.807, 2.05) is 12.1 Å². The molecule has 0 N–H and O–H groups in total. The summed E-state index contributed by atoms with van der Waals surface area (Å²) in [5.74, 6) is 2.15. The van der Waals surface area contributed by atoms with Crippen molar-refractivity contribution in [3.05, 3.63) is 52.8 Å². The summed E-state index contributed by atoms with van der Waals surface area (Å²) >= 11 is 0. The molecule has 0 aliphatic carbocycles. The van der Waals surface area contributed by atoms with Gasteiger partial charge in [0.25, 0.3) is 0 Å². The Morgan fingerprint density at radius 1 is 1.12 bits per heavy atom. The first kappa shape index (κ1) is 17.4. The van der Waals surface area contributed by atoms with Crippen LogP contribution in [-0.4, -0.2) is 26.6 Å². The molecule has 0 atom stereocenters. The Balaban J connectivity index is 1.94. The molecule has 0 bridgehead atoms. The van der Waals surface area contributed by atoms with E-state index in [2.05, 4.69) is 0 Å². The van der Waals surface area contributed by atoms with E-state index in [0.29, 0.717) is 34.1 Å². The predicted molar refractivity (Wildman–Crippen MR) is 94.8 cm³/mol. The topological polar surface area (TPSA) is 77.8 Å². The molecule has 2 aromatic rings. The number of methoxy groups -OCH3 is 2. The van der Waals surface area contributed by atoms with Crippen molar-refractivity contribution in [1.82, 2.24) is 0 Å². The summed E-state index contributed by atoms with van der Waals surface area (Å²) in [4.78, 5) is 12.6. The standard InChI is InChI=1S/C20H17NO5/c1-12-15(25-9-8-21)7-5-14-19(22)18(26-20(12)14)11-13-4-6-16(23-2)17(10-13)24-3/h4-7,10-11H,9H2,1-3H3/b18-11-. The van der Waals surface area contributed by atoms with Crippen LogP contribution in [0, 0.1) is 18.3 Å². The summed E-state index contributed by atoms with van der Waals surface area (Å²) in [5.41, 5.74) is 1.90. The smallest absolute Gasteiger partial charge is 0.231 e. The van der Waals surface area contributed by atoms with Crippen molar-refractivity contribution >= 4 is 11.9 Å². The number of Topliss-reactive ketones (excluding diaryl/α,β-unsaturated/α-hetero) is 1. The highest BCUT2D eigenvalue weighted by atomic mass is 16.5. The molecule has 1 aliphatic rings. The van der Waals surface area contributed by atoms with Crippen molar-refractivity contribution in [2.45, 2.75) is 6.92 Å². The van der Waals surface area contributed by atoms with E-state index in [0.717, 1.165) is 5.56 Å². The van der Waals surface area contributed by atoms with Crippen LogP contribution in [0.1, 0.15) is 21.5 Å². The zero-order valence-electron chi connectivity index (χ0n) is 14.7. The van der Waals surface area contributed by atoms with Crippen LogP contribution in [0.5, 0.6) is 23.0 Å². The summed E-state index contributed by atoms with van der Waals surface area (Å²) in [6.45, 7) is 1.72. The molecule has 0 saturated carbocycles. The number of rotatable bonds is 5. The quantitative estimate of drug-likeness (QED) is 0.767. The van der Waals surface area contributed by atoms with Gasteiger partial charge in [0, 0.05) is 5.56 Å². The number of hydrogen-bond donors (Lipinski definition) is 0. The van der Waals surface area contributed by atoms with Crippen LogP contribution in [0.25, 0.3) is 6.08 Å². The molecule has 0 aromatic heterocycles. The Kier molecular flexibility index (Phi) is 4.81. The Morgan fingerprint density at radius 2 is 1.85 bits per heavy atom. The highest BCUT2D eigenvalue weighted by molar-refractivity contribution is 6.15. The molecule has 132 valence electrons. The Labute approximate surface area is 151 Å². The average molecular weight is 351 g/mol. The Morgan fingerprint density at radius 3 is 2.54 bits per heavy atom. The zero-order chi connectivity index (χ0) is 18.7. The van der Waals surface area contributed by atoms with Crippen LogP contribution in [-0.2, 0) is 0 Å². The fourth-order valence-corrected chi connectivity index (χ4v) is 2.73. The highest BCUT2D eigenvalue weighted by Gasteiger charge is 2.30. The molecule has 0 spiro atoms. The SMILES string of the molecule is COc1ccc(/C=C2\Oc3c(ccc(OCC#N)c3C)C2=O)cc1OC. The number of ketones is 1. The number of allylic oxidation sites excluding steroid dienone is 1. The second-order valence-corrected chi connectivity index (χ2v) is 5.57. The van der Waals surface area contributed by atoms with Gasteiger partial charge in [-0.25, -0.2) is 0 Å². The van der Waals surface area contributed by atoms with Gasteiger partial charge in [0.2, 0.25) is 5.78 Å². The van der Waals surface area contributed by atoms with E-state index < -0.39 is 0 Å². The van der Waals surface area contributed by atoms with Gasteiger partial charge in [0.15, 0.2) is 23.9 Å². The van der Waals surface area contributed by atoms with Crippen molar-refractivity contribution < 1.29 is 23.7 Å². The monoisotopic (exact) mass is 351 g/mol. The van der Waals surface area contributed by atoms with E-state index in [-0.39, 0.29) is 18.1 Å². The lowest BCUT2D eigenvalue weighted by atomic mass is 10.1. The number of ether oxygens (including phenoxy) is 4. The van der Waals surface area contributed by atoms with E-state index in [9.17, 15) is 4.79 Å². The minimum atomic E-state index is -0.204. The van der Waals surface area contributed by atoms with Gasteiger partial charge in [0.1, 0.15) is 17.6 Å². The zero-order valence-corrected chi connectivity index (χ0v) is 14.7. The summed E-state index contributed by atoms with van der Waals surface area (Å²) in [7, 11) is 3.11. The van der Waals surface area contributed by atoms with Crippen molar-refractivity contribution in [3.8, 4) is 29.1 Å². The molecule has 0 saturated heterocycles. The second-order valence-electron chi connectivity index (χ2n) is 5.57. The van der Waals surface area contributed by atoms with E-state index >= 15 is 0 Å². The second kappa shape index (κ2) is 7.19. The first-order chi connectivity index (χ1) is 12.6. The molecule has 3 rings (SSSR count). The molecule has 1 aliphatic heterocycles. The minimum Gasteiger partial charge on any atom is -0.493 e. The van der Waals surface area contributed by atoms with Gasteiger partial charge in [-0.05, 0) is 42.8 Å². The number of nitriles is 1. The van der Waals surface area contributed by atoms with Gasteiger partial charge in [-0.3, -0.25) is 4.79 Å². The first-order valence-corrected chi connectivity index (χ1v) is 7.88. The molecule has 6 nitrogen and oxygen atoms in total. The van der Waals surface area contributed by atoms with Crippen LogP contribution in [0.3, 0.4) is 0 Å². The van der Waals surface area contributed by atoms with Crippen molar-refractivity contribution in [2.24, 2.45) is 0 Å². The van der Waals surface area contributed by atoms with Gasteiger partial charge in [-0.2, -0.15) is 5.26 Å². The van der Waals surface area contributed by atoms with Crippen LogP contribution in [0.4, 0.5) is 0 Å². The molecule has 0 fully saturated rings. The highest BCUT2D eigenvalue weighted by Crippen LogP contribution is 2.39. The van der Waals surface area contributed by atoms with Crippen LogP contribution in [0.15, 0.2) is 36.1 Å². The molecule has 0 radical (unpaired) electrons. The summed E-state index contributed by atoms with van der Waals surface area (Å²) in [6.07, 6.45) is 1.65. The number of fused-ring (bicyclic) bond motifs is 1. The lowest BCUT2D eigenvalue weighted by Gasteiger charge is -2.09. The van der Waals surface area contributed by atoms with Crippen LogP contribution in [0.2, 0.25) is 0 Å². The van der Waals surface area contributed by atoms with Gasteiger partial charge < -0.3 is 18.9 Å². The number of carbonyl (C=O) groups is 1. The molecule has 0 amide bonds. The van der Waals surface area contributed by atoms with Crippen LogP contribution >= 0.6 is 0 Å². The van der Waals surface area contributed by atoms with E-state index in [1.165, 1.54) is 0 Å². The Hall–Kier alpha value is -3.46. The van der Waals surface area contributed by atoms with Gasteiger partial charge in [-0.15, -0.1) is 0 Å². The predicted octanol–water partition coefficient (Wildman–Crippen LogP) is 3.53. The minimum absolute atomic E-state index is 0.0675. The lowest BCUT2D eigenvalue weighted by Crippen LogP contribution is -1.98. The number of hydrogen-bond acceptors (Lipinski definition) is 6. The summed E-state index contributed by atoms with van der Waals surface area (Å²) in [5, 5.41) is 8.65. The van der Waals surface area contributed by atoms with Crippen molar-refractivity contribution in [2.75, 3.05) is 20.8 Å². The third-order valence-electron chi connectivity index (χ3n) is 4.03. The molecule has 0 unspecified atom stereocenters. The maximum absolute atomic E-state index is 12.6. The largest absolute Gasteiger partial charge is 0.493 e. The fourth-order valence-electron chi connectivity index (χ4n) is 2.73. The number of carbonyl (C=O) groups excluding carboxylic acids is 1. The van der Waals surface area contributed by atoms with Crippen LogP contribution < -0.4 is 18.9 Å². The summed E-state index contributed by atoms with van der Waals surface area (Å²) < 4.78 is 21.6. The van der Waals surface area contributed by atoms with E-state index in [4.69, 9.17) is 24.2 Å². The Bertz CT molecular complexity index is 940. The van der Waals surface area contributed by atoms with Gasteiger partial charge >= 0.3 is 0 Å². The lowest BCUT2D eigenvalue weighted by molar-refractivity contribution is 0.101. The van der Waals surface area contributed by atoms with Crippen molar-refractivity contribution in [3.63, 3.8) is 0 Å². The molecule has 2 aromatic carbocycles. The average Bonchev–Trinajstić information content (AvgIpc) is 2.97. The molecular weight excluding hydrogens is 334 g/mol. The first-order valence-electron chi connectivity index (χ1n) is 7.88. The maximum Gasteiger partial charge on any atom is 0.231 e. The van der Waals surface area contributed by atoms with Gasteiger partial charge in [0.05, 0.1) is 19.8 Å². The van der Waals surface area contributed by atoms with E-state index in [1.54, 1.807) is 51.5 Å².